The largest absolute Gasteiger partial charge is 0.524 e. The minimum atomic E-state index is -4.95. The van der Waals surface area contributed by atoms with E-state index in [1.54, 1.807) is 4.90 Å². The first-order chi connectivity index (χ1) is 20.9. The van der Waals surface area contributed by atoms with Gasteiger partial charge in [0.15, 0.2) is 0 Å². The fourth-order valence-corrected chi connectivity index (χ4v) is 5.68. The molecule has 0 aliphatic carbocycles. The number of carbonyl (C=O) groups is 4. The topological polar surface area (TPSA) is 162 Å². The first kappa shape index (κ1) is 32.9. The molecule has 0 aromatic heterocycles. The molecule has 3 aromatic carbocycles. The second kappa shape index (κ2) is 14.7. The Hall–Kier alpha value is -3.96. The molecule has 0 saturated carbocycles. The molecule has 0 unspecified atom stereocenters. The van der Waals surface area contributed by atoms with Crippen LogP contribution < -0.4 is 15.2 Å². The second-order valence-electron chi connectivity index (χ2n) is 10.6. The van der Waals surface area contributed by atoms with Crippen molar-refractivity contribution in [2.24, 2.45) is 0 Å². The van der Waals surface area contributed by atoms with Crippen LogP contribution in [-0.4, -0.2) is 56.2 Å². The summed E-state index contributed by atoms with van der Waals surface area (Å²) in [5.41, 5.74) is 3.30. The summed E-state index contributed by atoms with van der Waals surface area (Å²) in [5, 5.41) is 4.58. The monoisotopic (exact) mass is 639 g/mol. The number of phosphoric acid groups is 1. The number of carbonyl (C=O) groups excluding carboxylic acids is 4. The summed E-state index contributed by atoms with van der Waals surface area (Å²) in [7, 11) is -4.95. The van der Waals surface area contributed by atoms with E-state index in [2.05, 4.69) is 27.8 Å². The number of thiol groups is 1. The number of nitrogens with zero attached hydrogens (tertiary/aromatic N) is 1. The highest BCUT2D eigenvalue weighted by atomic mass is 32.1. The van der Waals surface area contributed by atoms with Gasteiger partial charge in [-0.25, -0.2) is 4.57 Å². The molecule has 0 radical (unpaired) electrons. The van der Waals surface area contributed by atoms with Crippen molar-refractivity contribution < 1.29 is 38.1 Å². The lowest BCUT2D eigenvalue weighted by molar-refractivity contribution is -0.137. The average molecular weight is 640 g/mol. The van der Waals surface area contributed by atoms with Crippen molar-refractivity contribution in [3.63, 3.8) is 0 Å². The Balaban J connectivity index is 1.46. The highest BCUT2D eigenvalue weighted by Crippen LogP contribution is 2.39. The Bertz CT molecular complexity index is 1560. The Labute approximate surface area is 260 Å². The van der Waals surface area contributed by atoms with Gasteiger partial charge in [0, 0.05) is 26.4 Å². The number of amides is 3. The number of phosphoric ester groups is 1. The molecule has 232 valence electrons. The van der Waals surface area contributed by atoms with E-state index in [0.717, 1.165) is 29.5 Å². The van der Waals surface area contributed by atoms with Crippen molar-refractivity contribution in [1.82, 2.24) is 15.5 Å². The van der Waals surface area contributed by atoms with Gasteiger partial charge in [-0.05, 0) is 53.6 Å². The molecule has 0 spiro atoms. The van der Waals surface area contributed by atoms with Gasteiger partial charge in [0.05, 0.1) is 5.56 Å². The van der Waals surface area contributed by atoms with Crippen LogP contribution in [0.4, 0.5) is 0 Å². The molecule has 1 saturated heterocycles. The van der Waals surface area contributed by atoms with E-state index >= 15 is 0 Å². The number of nitrogens with one attached hydrogen (secondary N) is 2. The summed E-state index contributed by atoms with van der Waals surface area (Å²) in [6, 6.07) is 20.0. The van der Waals surface area contributed by atoms with Crippen LogP contribution in [0.3, 0.4) is 0 Å². The zero-order valence-corrected chi connectivity index (χ0v) is 25.8. The van der Waals surface area contributed by atoms with Crippen LogP contribution in [0, 0.1) is 0 Å². The van der Waals surface area contributed by atoms with Crippen molar-refractivity contribution in [3.05, 3.63) is 89.5 Å². The van der Waals surface area contributed by atoms with Crippen molar-refractivity contribution in [2.75, 3.05) is 6.54 Å². The number of rotatable bonds is 11. The van der Waals surface area contributed by atoms with Crippen LogP contribution in [0.1, 0.15) is 47.7 Å². The van der Waals surface area contributed by atoms with Gasteiger partial charge in [-0.15, -0.1) is 12.6 Å². The van der Waals surface area contributed by atoms with Crippen LogP contribution in [0.15, 0.2) is 72.8 Å². The number of benzene rings is 3. The van der Waals surface area contributed by atoms with Crippen molar-refractivity contribution in [2.45, 2.75) is 51.2 Å². The molecule has 1 aliphatic rings. The first-order valence-electron chi connectivity index (χ1n) is 14.0. The third-order valence-corrected chi connectivity index (χ3v) is 7.83. The summed E-state index contributed by atoms with van der Waals surface area (Å²) < 4.78 is 15.9. The van der Waals surface area contributed by atoms with Gasteiger partial charge in [0.1, 0.15) is 17.8 Å². The Kier molecular flexibility index (Phi) is 11.0. The first-order valence-corrected chi connectivity index (χ1v) is 16.0. The van der Waals surface area contributed by atoms with Gasteiger partial charge in [0.2, 0.25) is 22.8 Å². The molecule has 2 atom stereocenters. The van der Waals surface area contributed by atoms with E-state index < -0.39 is 36.8 Å². The summed E-state index contributed by atoms with van der Waals surface area (Å²) >= 11 is 3.75. The normalized spacial score (nSPS) is 16.0. The van der Waals surface area contributed by atoms with E-state index in [1.165, 1.54) is 25.1 Å². The Morgan fingerprint density at radius 1 is 1.00 bits per heavy atom. The summed E-state index contributed by atoms with van der Waals surface area (Å²) in [4.78, 5) is 71.0. The second-order valence-corrected chi connectivity index (χ2v) is 12.1. The van der Waals surface area contributed by atoms with E-state index in [9.17, 15) is 23.7 Å². The third-order valence-electron chi connectivity index (χ3n) is 7.16. The summed E-state index contributed by atoms with van der Waals surface area (Å²) in [6.07, 6.45) is 1.86. The Morgan fingerprint density at radius 3 is 2.30 bits per heavy atom. The van der Waals surface area contributed by atoms with Crippen LogP contribution in [0.2, 0.25) is 0 Å². The van der Waals surface area contributed by atoms with E-state index in [1.807, 2.05) is 54.6 Å². The lowest BCUT2D eigenvalue weighted by Gasteiger charge is -2.27. The fourth-order valence-electron chi connectivity index (χ4n) is 5.09. The van der Waals surface area contributed by atoms with E-state index in [0.29, 0.717) is 25.1 Å². The molecule has 0 bridgehead atoms. The van der Waals surface area contributed by atoms with Gasteiger partial charge in [0.25, 0.3) is 0 Å². The maximum atomic E-state index is 13.5. The maximum absolute atomic E-state index is 13.5. The molecule has 4 rings (SSSR count). The standard InChI is InChI=1S/C31H34N3O8PS/c1-20(35)32-27(18-22-12-15-28(42-43(39,40)41)25(17-22)31(38)44)29(36)33-26-9-5-6-16-34(30(26)37)19-21-10-13-24(14-11-21)23-7-3-2-4-8-23/h2-4,7-8,10-15,17,26-27H,5-6,9,16,18-19H2,1H3,(H,32,35)(H,33,36)(H,38,44)(H2,39,40,41)/t26-,27-/m0/s1. The fraction of sp³-hybridized carbons (Fsp3) is 0.290. The number of likely N-dealkylation sites (tertiary alicyclic amines) is 1. The highest BCUT2D eigenvalue weighted by Gasteiger charge is 2.31. The highest BCUT2D eigenvalue weighted by molar-refractivity contribution is 7.97. The molecule has 1 heterocycles. The lowest BCUT2D eigenvalue weighted by Crippen LogP contribution is -2.54. The van der Waals surface area contributed by atoms with Crippen LogP contribution in [0.25, 0.3) is 11.1 Å². The lowest BCUT2D eigenvalue weighted by atomic mass is 10.0. The minimum Gasteiger partial charge on any atom is -0.403 e. The SMILES string of the molecule is CC(=O)N[C@@H](Cc1ccc(OP(=O)(O)O)c(C(=O)S)c1)C(=O)N[C@H]1CCCCN(Cc2ccc(-c3ccccc3)cc2)C1=O. The van der Waals surface area contributed by atoms with Crippen LogP contribution in [0.5, 0.6) is 5.75 Å². The predicted octanol–water partition coefficient (Wildman–Crippen LogP) is 3.64. The van der Waals surface area contributed by atoms with E-state index in [-0.39, 0.29) is 23.6 Å². The molecule has 44 heavy (non-hydrogen) atoms. The van der Waals surface area contributed by atoms with Gasteiger partial charge in [-0.3, -0.25) is 29.0 Å². The molecule has 4 N–H and O–H groups in total. The number of hydrogen-bond acceptors (Lipinski definition) is 6. The summed E-state index contributed by atoms with van der Waals surface area (Å²) in [5.74, 6) is -1.65. The maximum Gasteiger partial charge on any atom is 0.524 e. The van der Waals surface area contributed by atoms with Gasteiger partial charge < -0.3 is 20.1 Å². The molecule has 11 nitrogen and oxygen atoms in total. The molecule has 13 heteroatoms. The summed E-state index contributed by atoms with van der Waals surface area (Å²) in [6.45, 7) is 2.19. The van der Waals surface area contributed by atoms with Crippen LogP contribution in [-0.2, 0) is 31.9 Å². The van der Waals surface area contributed by atoms with Crippen molar-refractivity contribution in [1.29, 1.82) is 0 Å². The molecular formula is C31H34N3O8PS. The molecule has 1 aliphatic heterocycles. The van der Waals surface area contributed by atoms with Gasteiger partial charge in [-0.1, -0.05) is 60.7 Å². The molecule has 3 aromatic rings. The molecular weight excluding hydrogens is 605 g/mol. The third kappa shape index (κ3) is 9.27. The molecule has 3 amide bonds. The molecule has 1 fully saturated rings. The van der Waals surface area contributed by atoms with Crippen LogP contribution >= 0.6 is 20.5 Å². The number of hydrogen-bond donors (Lipinski definition) is 5. The van der Waals surface area contributed by atoms with Gasteiger partial charge >= 0.3 is 7.82 Å². The zero-order valence-electron chi connectivity index (χ0n) is 24.0. The smallest absolute Gasteiger partial charge is 0.403 e. The van der Waals surface area contributed by atoms with Crippen molar-refractivity contribution >= 4 is 43.3 Å². The van der Waals surface area contributed by atoms with Crippen molar-refractivity contribution in [3.8, 4) is 16.9 Å². The minimum absolute atomic E-state index is 0.0753. The van der Waals surface area contributed by atoms with Gasteiger partial charge in [-0.2, -0.15) is 0 Å². The average Bonchev–Trinajstić information content (AvgIpc) is 3.14. The quantitative estimate of drug-likeness (QED) is 0.157. The predicted molar refractivity (Wildman–Crippen MR) is 167 cm³/mol. The Morgan fingerprint density at radius 2 is 1.66 bits per heavy atom. The van der Waals surface area contributed by atoms with E-state index in [4.69, 9.17) is 9.79 Å². The zero-order chi connectivity index (χ0) is 31.9.